The summed E-state index contributed by atoms with van der Waals surface area (Å²) in [6.45, 7) is 5.84. The molecule has 0 bridgehead atoms. The lowest BCUT2D eigenvalue weighted by Gasteiger charge is -2.26. The number of carbonyl (C=O) groups is 2. The predicted molar refractivity (Wildman–Crippen MR) is 126 cm³/mol. The number of anilines is 1. The zero-order valence-corrected chi connectivity index (χ0v) is 19.9. The first-order valence-electron chi connectivity index (χ1n) is 11.1. The van der Waals surface area contributed by atoms with E-state index in [1.54, 1.807) is 13.8 Å². The number of hydrogen-bond donors (Lipinski definition) is 2. The highest BCUT2D eigenvalue weighted by Crippen LogP contribution is 2.38. The minimum Gasteiger partial charge on any atom is -0.462 e. The fourth-order valence-electron chi connectivity index (χ4n) is 4.17. The molecule has 1 aromatic carbocycles. The molecule has 1 aliphatic carbocycles. The van der Waals surface area contributed by atoms with Gasteiger partial charge in [0.2, 0.25) is 11.8 Å². The monoisotopic (exact) mass is 468 g/mol. The number of thiophene rings is 1. The van der Waals surface area contributed by atoms with Crippen LogP contribution in [-0.4, -0.2) is 35.2 Å². The number of hydrogen-bond acceptors (Lipinski definition) is 8. The molecular weight excluding hydrogens is 440 g/mol. The van der Waals surface area contributed by atoms with Crippen molar-refractivity contribution in [1.82, 2.24) is 15.5 Å². The molecule has 174 valence electrons. The fraction of sp³-hybridized carbons (Fsp3) is 0.417. The first kappa shape index (κ1) is 23.1. The highest BCUT2D eigenvalue weighted by molar-refractivity contribution is 7.15. The molecule has 0 saturated heterocycles. The van der Waals surface area contributed by atoms with Gasteiger partial charge < -0.3 is 14.6 Å². The van der Waals surface area contributed by atoms with Crippen molar-refractivity contribution < 1.29 is 18.8 Å². The van der Waals surface area contributed by atoms with Crippen LogP contribution in [0.15, 0.2) is 34.2 Å². The zero-order chi connectivity index (χ0) is 23.4. The lowest BCUT2D eigenvalue weighted by molar-refractivity contribution is -0.115. The van der Waals surface area contributed by atoms with Crippen molar-refractivity contribution in [1.29, 1.82) is 0 Å². The average Bonchev–Trinajstić information content (AvgIpc) is 3.53. The largest absolute Gasteiger partial charge is 0.462 e. The summed E-state index contributed by atoms with van der Waals surface area (Å²) in [6.07, 6.45) is 3.73. The number of aryl methyl sites for hydroxylation is 2. The normalized spacial score (nSPS) is 14.9. The molecule has 0 spiro atoms. The third kappa shape index (κ3) is 4.99. The maximum absolute atomic E-state index is 12.9. The van der Waals surface area contributed by atoms with Crippen molar-refractivity contribution in [3.8, 4) is 11.1 Å². The molecule has 0 radical (unpaired) electrons. The van der Waals surface area contributed by atoms with Crippen LogP contribution in [0.25, 0.3) is 11.1 Å². The molecule has 3 aromatic rings. The molecule has 8 nitrogen and oxygen atoms in total. The van der Waals surface area contributed by atoms with Crippen LogP contribution in [0.3, 0.4) is 0 Å². The number of ether oxygens (including phenoxy) is 1. The first-order valence-corrected chi connectivity index (χ1v) is 12.0. The molecule has 1 aliphatic rings. The maximum Gasteiger partial charge on any atom is 0.341 e. The molecule has 4 rings (SSSR count). The minimum atomic E-state index is -0.471. The summed E-state index contributed by atoms with van der Waals surface area (Å²) in [4.78, 5) is 30.0. The Bertz CT molecular complexity index is 1130. The molecular formula is C24H28N4O4S. The first-order chi connectivity index (χ1) is 15.9. The third-order valence-electron chi connectivity index (χ3n) is 5.89. The number of benzene rings is 1. The molecule has 2 aromatic heterocycles. The van der Waals surface area contributed by atoms with E-state index >= 15 is 0 Å². The third-order valence-corrected chi connectivity index (χ3v) is 6.78. The summed E-state index contributed by atoms with van der Waals surface area (Å²) in [5, 5.41) is 12.7. The van der Waals surface area contributed by atoms with Crippen LogP contribution < -0.4 is 10.6 Å². The van der Waals surface area contributed by atoms with Crippen LogP contribution in [0.4, 0.5) is 5.00 Å². The Labute approximate surface area is 196 Å². The van der Waals surface area contributed by atoms with E-state index in [9.17, 15) is 9.59 Å². The summed E-state index contributed by atoms with van der Waals surface area (Å²) in [5.41, 5.74) is 2.68. The van der Waals surface area contributed by atoms with Gasteiger partial charge in [-0.3, -0.25) is 10.1 Å². The number of nitrogens with zero attached hydrogens (tertiary/aromatic N) is 2. The van der Waals surface area contributed by atoms with E-state index in [1.807, 2.05) is 36.6 Å². The quantitative estimate of drug-likeness (QED) is 0.466. The number of amides is 1. The summed E-state index contributed by atoms with van der Waals surface area (Å²) in [5.74, 6) is 0.399. The Morgan fingerprint density at radius 3 is 2.55 bits per heavy atom. The molecule has 2 heterocycles. The Kier molecular flexibility index (Phi) is 6.90. The second-order valence-corrected chi connectivity index (χ2v) is 9.15. The standard InChI is InChI=1S/C24H28N4O4S/c1-4-31-22(30)20-18(17-9-7-15(2)8-10-17)14-33-21(20)27-19(29)13-25-24(11-5-6-12-24)23-26-16(3)32-28-23/h7-10,14,25H,4-6,11-13H2,1-3H3,(H,27,29). The Morgan fingerprint density at radius 1 is 1.18 bits per heavy atom. The van der Waals surface area contributed by atoms with E-state index in [-0.39, 0.29) is 19.1 Å². The van der Waals surface area contributed by atoms with Crippen LogP contribution in [0, 0.1) is 13.8 Å². The smallest absolute Gasteiger partial charge is 0.341 e. The van der Waals surface area contributed by atoms with Gasteiger partial charge in [-0.2, -0.15) is 4.98 Å². The Balaban J connectivity index is 1.52. The lowest BCUT2D eigenvalue weighted by atomic mass is 9.96. The van der Waals surface area contributed by atoms with E-state index in [1.165, 1.54) is 11.3 Å². The molecule has 1 fully saturated rings. The van der Waals surface area contributed by atoms with E-state index in [4.69, 9.17) is 9.26 Å². The fourth-order valence-corrected chi connectivity index (χ4v) is 5.15. The van der Waals surface area contributed by atoms with Crippen molar-refractivity contribution in [3.63, 3.8) is 0 Å². The average molecular weight is 469 g/mol. The van der Waals surface area contributed by atoms with Crippen LogP contribution in [-0.2, 0) is 15.1 Å². The second kappa shape index (κ2) is 9.84. The van der Waals surface area contributed by atoms with Gasteiger partial charge in [-0.25, -0.2) is 4.79 Å². The van der Waals surface area contributed by atoms with Crippen molar-refractivity contribution in [3.05, 3.63) is 52.5 Å². The predicted octanol–water partition coefficient (Wildman–Crippen LogP) is 4.59. The maximum atomic E-state index is 12.9. The summed E-state index contributed by atoms with van der Waals surface area (Å²) >= 11 is 1.31. The summed E-state index contributed by atoms with van der Waals surface area (Å²) in [6, 6.07) is 7.91. The van der Waals surface area contributed by atoms with E-state index in [0.29, 0.717) is 22.3 Å². The SMILES string of the molecule is CCOC(=O)c1c(-c2ccc(C)cc2)csc1NC(=O)CNC1(c2noc(C)n2)CCCC1. The van der Waals surface area contributed by atoms with Crippen molar-refractivity contribution in [2.24, 2.45) is 0 Å². The lowest BCUT2D eigenvalue weighted by Crippen LogP contribution is -2.44. The van der Waals surface area contributed by atoms with Gasteiger partial charge in [0.15, 0.2) is 5.82 Å². The van der Waals surface area contributed by atoms with Gasteiger partial charge in [0, 0.05) is 17.9 Å². The molecule has 1 saturated carbocycles. The highest BCUT2D eigenvalue weighted by atomic mass is 32.1. The molecule has 9 heteroatoms. The van der Waals surface area contributed by atoms with Crippen LogP contribution in [0.5, 0.6) is 0 Å². The van der Waals surface area contributed by atoms with Gasteiger partial charge in [-0.05, 0) is 32.3 Å². The van der Waals surface area contributed by atoms with Crippen molar-refractivity contribution in [2.75, 3.05) is 18.5 Å². The minimum absolute atomic E-state index is 0.0631. The number of rotatable bonds is 8. The van der Waals surface area contributed by atoms with Gasteiger partial charge >= 0.3 is 5.97 Å². The molecule has 33 heavy (non-hydrogen) atoms. The Morgan fingerprint density at radius 2 is 1.91 bits per heavy atom. The molecule has 0 aliphatic heterocycles. The summed E-state index contributed by atoms with van der Waals surface area (Å²) in [7, 11) is 0. The number of esters is 1. The molecule has 0 unspecified atom stereocenters. The number of carbonyl (C=O) groups excluding carboxylic acids is 2. The summed E-state index contributed by atoms with van der Waals surface area (Å²) < 4.78 is 10.5. The molecule has 0 atom stereocenters. The van der Waals surface area contributed by atoms with E-state index < -0.39 is 11.5 Å². The van der Waals surface area contributed by atoms with Gasteiger partial charge in [0.1, 0.15) is 10.6 Å². The van der Waals surface area contributed by atoms with Crippen molar-refractivity contribution in [2.45, 2.75) is 52.0 Å². The van der Waals surface area contributed by atoms with Gasteiger partial charge in [-0.1, -0.05) is 47.8 Å². The van der Waals surface area contributed by atoms with Crippen molar-refractivity contribution >= 4 is 28.2 Å². The second-order valence-electron chi connectivity index (χ2n) is 8.27. The topological polar surface area (TPSA) is 106 Å². The van der Waals surface area contributed by atoms with Gasteiger partial charge in [0.25, 0.3) is 0 Å². The zero-order valence-electron chi connectivity index (χ0n) is 19.1. The highest BCUT2D eigenvalue weighted by Gasteiger charge is 2.40. The van der Waals surface area contributed by atoms with Gasteiger partial charge in [0.05, 0.1) is 18.7 Å². The van der Waals surface area contributed by atoms with Crippen LogP contribution in [0.1, 0.15) is 60.2 Å². The van der Waals surface area contributed by atoms with E-state index in [2.05, 4.69) is 20.8 Å². The number of aromatic nitrogens is 2. The molecule has 2 N–H and O–H groups in total. The van der Waals surface area contributed by atoms with Crippen LogP contribution >= 0.6 is 11.3 Å². The van der Waals surface area contributed by atoms with Gasteiger partial charge in [-0.15, -0.1) is 11.3 Å². The molecule has 1 amide bonds. The Hall–Kier alpha value is -3.04. The van der Waals surface area contributed by atoms with Crippen LogP contribution in [0.2, 0.25) is 0 Å². The van der Waals surface area contributed by atoms with E-state index in [0.717, 1.165) is 42.4 Å². The number of nitrogens with one attached hydrogen (secondary N) is 2.